The lowest BCUT2D eigenvalue weighted by Gasteiger charge is -2.31. The van der Waals surface area contributed by atoms with Gasteiger partial charge in [-0.1, -0.05) is 43.5 Å². The van der Waals surface area contributed by atoms with Gasteiger partial charge in [-0.3, -0.25) is 14.8 Å². The van der Waals surface area contributed by atoms with Crippen molar-refractivity contribution in [3.8, 4) is 0 Å². The van der Waals surface area contributed by atoms with Gasteiger partial charge in [-0.2, -0.15) is 5.10 Å². The summed E-state index contributed by atoms with van der Waals surface area (Å²) in [4.78, 5) is 15.2. The van der Waals surface area contributed by atoms with Crippen LogP contribution in [0.5, 0.6) is 0 Å². The lowest BCUT2D eigenvalue weighted by atomic mass is 9.94. The van der Waals surface area contributed by atoms with Crippen molar-refractivity contribution in [2.24, 2.45) is 0 Å². The average molecular weight is 418 g/mol. The molecule has 6 nitrogen and oxygen atoms in total. The molecule has 7 heteroatoms. The van der Waals surface area contributed by atoms with Crippen molar-refractivity contribution in [1.29, 1.82) is 0 Å². The van der Waals surface area contributed by atoms with Gasteiger partial charge in [-0.05, 0) is 31.0 Å². The Morgan fingerprint density at radius 3 is 2.76 bits per heavy atom. The summed E-state index contributed by atoms with van der Waals surface area (Å²) in [5, 5.41) is 13.7. The monoisotopic (exact) mass is 417 g/mol. The highest BCUT2D eigenvalue weighted by molar-refractivity contribution is 5.94. The van der Waals surface area contributed by atoms with E-state index in [-0.39, 0.29) is 18.3 Å². The summed E-state index contributed by atoms with van der Waals surface area (Å²) in [5.41, 5.74) is 5.09. The minimum atomic E-state index is -0.100. The molecule has 1 aliphatic heterocycles. The maximum Gasteiger partial charge on any atom is 0.272 e. The Labute approximate surface area is 179 Å². The van der Waals surface area contributed by atoms with E-state index in [1.807, 2.05) is 6.07 Å². The van der Waals surface area contributed by atoms with Gasteiger partial charge in [0.25, 0.3) is 5.91 Å². The van der Waals surface area contributed by atoms with Crippen LogP contribution in [0.3, 0.4) is 0 Å². The largest absolute Gasteiger partial charge is 0.347 e. The van der Waals surface area contributed by atoms with Crippen LogP contribution in [-0.4, -0.2) is 40.6 Å². The third-order valence-corrected chi connectivity index (χ3v) is 6.20. The van der Waals surface area contributed by atoms with Crippen molar-refractivity contribution >= 4 is 18.3 Å². The smallest absolute Gasteiger partial charge is 0.272 e. The summed E-state index contributed by atoms with van der Waals surface area (Å²) in [6, 6.07) is 9.11. The van der Waals surface area contributed by atoms with Crippen molar-refractivity contribution < 1.29 is 4.79 Å². The first-order valence-electron chi connectivity index (χ1n) is 10.5. The van der Waals surface area contributed by atoms with Crippen molar-refractivity contribution in [3.05, 3.63) is 52.3 Å². The molecule has 0 radical (unpaired) electrons. The van der Waals surface area contributed by atoms with E-state index in [4.69, 9.17) is 0 Å². The lowest BCUT2D eigenvalue weighted by molar-refractivity contribution is 0.0944. The molecule has 158 valence electrons. The molecule has 2 aromatic rings. The predicted molar refractivity (Wildman–Crippen MR) is 117 cm³/mol. The molecule has 2 heterocycles. The summed E-state index contributed by atoms with van der Waals surface area (Å²) in [5.74, 6) is -0.100. The van der Waals surface area contributed by atoms with E-state index in [1.54, 1.807) is 0 Å². The summed E-state index contributed by atoms with van der Waals surface area (Å²) in [7, 11) is 2.23. The second kappa shape index (κ2) is 10.2. The standard InChI is InChI=1S/C22H31N5O.ClH/c1-27(18-9-3-2-4-10-18)15-17-8-6-5-7-16(17)13-24-22(28)21-19-14-23-12-11-20(19)25-26-21;/h5-8,18,23H,2-4,9-15H2,1H3,(H,24,28)(H,25,26);1H. The third-order valence-electron chi connectivity index (χ3n) is 6.20. The highest BCUT2D eigenvalue weighted by atomic mass is 35.5. The summed E-state index contributed by atoms with van der Waals surface area (Å²) >= 11 is 0. The van der Waals surface area contributed by atoms with Crippen LogP contribution >= 0.6 is 12.4 Å². The molecule has 2 aliphatic rings. The lowest BCUT2D eigenvalue weighted by Crippen LogP contribution is -2.33. The Balaban J connectivity index is 0.00000240. The molecule has 1 aromatic heterocycles. The van der Waals surface area contributed by atoms with Crippen LogP contribution in [0.2, 0.25) is 0 Å². The van der Waals surface area contributed by atoms with Gasteiger partial charge in [0.15, 0.2) is 5.69 Å². The number of aromatic amines is 1. The summed E-state index contributed by atoms with van der Waals surface area (Å²) < 4.78 is 0. The Morgan fingerprint density at radius 1 is 1.21 bits per heavy atom. The number of nitrogens with one attached hydrogen (secondary N) is 3. The molecule has 0 unspecified atom stereocenters. The van der Waals surface area contributed by atoms with Crippen LogP contribution in [0.25, 0.3) is 0 Å². The van der Waals surface area contributed by atoms with Gasteiger partial charge in [0.2, 0.25) is 0 Å². The number of fused-ring (bicyclic) bond motifs is 1. The van der Waals surface area contributed by atoms with Gasteiger partial charge < -0.3 is 10.6 Å². The predicted octanol–water partition coefficient (Wildman–Crippen LogP) is 3.17. The molecular weight excluding hydrogens is 386 g/mol. The number of carbonyl (C=O) groups is 1. The first-order valence-corrected chi connectivity index (χ1v) is 10.5. The van der Waals surface area contributed by atoms with Crippen LogP contribution in [0.1, 0.15) is 65.0 Å². The molecular formula is C22H32ClN5O. The fourth-order valence-corrected chi connectivity index (χ4v) is 4.48. The molecule has 4 rings (SSSR count). The van der Waals surface area contributed by atoms with Gasteiger partial charge >= 0.3 is 0 Å². The first kappa shape index (κ1) is 21.8. The zero-order valence-corrected chi connectivity index (χ0v) is 18.0. The number of hydrogen-bond donors (Lipinski definition) is 3. The van der Waals surface area contributed by atoms with Crippen LogP contribution in [-0.2, 0) is 26.1 Å². The highest BCUT2D eigenvalue weighted by Gasteiger charge is 2.22. The second-order valence-corrected chi connectivity index (χ2v) is 8.11. The van der Waals surface area contributed by atoms with Gasteiger partial charge in [-0.15, -0.1) is 12.4 Å². The van der Waals surface area contributed by atoms with Crippen molar-refractivity contribution in [2.45, 2.75) is 64.2 Å². The van der Waals surface area contributed by atoms with E-state index in [9.17, 15) is 4.79 Å². The van der Waals surface area contributed by atoms with Crippen LogP contribution in [0, 0.1) is 0 Å². The second-order valence-electron chi connectivity index (χ2n) is 8.11. The number of H-pyrrole nitrogens is 1. The number of rotatable bonds is 6. The first-order chi connectivity index (χ1) is 13.7. The number of aromatic nitrogens is 2. The molecule has 29 heavy (non-hydrogen) atoms. The van der Waals surface area contributed by atoms with Crippen LogP contribution in [0.4, 0.5) is 0 Å². The molecule has 0 spiro atoms. The number of benzene rings is 1. The Bertz CT molecular complexity index is 815. The zero-order chi connectivity index (χ0) is 19.3. The highest BCUT2D eigenvalue weighted by Crippen LogP contribution is 2.23. The molecule has 3 N–H and O–H groups in total. The number of hydrogen-bond acceptors (Lipinski definition) is 4. The molecule has 1 aliphatic carbocycles. The van der Waals surface area contributed by atoms with Gasteiger partial charge in [0, 0.05) is 49.9 Å². The molecule has 0 atom stereocenters. The molecule has 0 saturated heterocycles. The number of halogens is 1. The zero-order valence-electron chi connectivity index (χ0n) is 17.2. The summed E-state index contributed by atoms with van der Waals surface area (Å²) in [6.45, 7) is 3.09. The van der Waals surface area contributed by atoms with E-state index in [0.29, 0.717) is 24.8 Å². The molecule has 0 bridgehead atoms. The van der Waals surface area contributed by atoms with E-state index in [2.05, 4.69) is 51.0 Å². The van der Waals surface area contributed by atoms with Gasteiger partial charge in [0.1, 0.15) is 0 Å². The minimum Gasteiger partial charge on any atom is -0.347 e. The van der Waals surface area contributed by atoms with Gasteiger partial charge in [0.05, 0.1) is 0 Å². The quantitative estimate of drug-likeness (QED) is 0.675. The van der Waals surface area contributed by atoms with Gasteiger partial charge in [-0.25, -0.2) is 0 Å². The Hall–Kier alpha value is -1.89. The Kier molecular flexibility index (Phi) is 7.70. The van der Waals surface area contributed by atoms with E-state index in [0.717, 1.165) is 30.8 Å². The van der Waals surface area contributed by atoms with Crippen molar-refractivity contribution in [3.63, 3.8) is 0 Å². The fourth-order valence-electron chi connectivity index (χ4n) is 4.48. The number of carbonyl (C=O) groups excluding carboxylic acids is 1. The molecule has 1 saturated carbocycles. The Morgan fingerprint density at radius 2 is 1.97 bits per heavy atom. The maximum absolute atomic E-state index is 12.7. The van der Waals surface area contributed by atoms with E-state index >= 15 is 0 Å². The molecule has 1 aromatic carbocycles. The van der Waals surface area contributed by atoms with Crippen molar-refractivity contribution in [2.75, 3.05) is 13.6 Å². The maximum atomic E-state index is 12.7. The molecule has 1 amide bonds. The fraction of sp³-hybridized carbons (Fsp3) is 0.545. The topological polar surface area (TPSA) is 73.0 Å². The van der Waals surface area contributed by atoms with Crippen LogP contribution < -0.4 is 10.6 Å². The summed E-state index contributed by atoms with van der Waals surface area (Å²) in [6.07, 6.45) is 7.55. The van der Waals surface area contributed by atoms with Crippen molar-refractivity contribution in [1.82, 2.24) is 25.7 Å². The minimum absolute atomic E-state index is 0. The normalized spacial score (nSPS) is 16.9. The average Bonchev–Trinajstić information content (AvgIpc) is 3.18. The third kappa shape index (κ3) is 5.18. The number of nitrogens with zero attached hydrogens (tertiary/aromatic N) is 2. The van der Waals surface area contributed by atoms with E-state index in [1.165, 1.54) is 43.2 Å². The SMILES string of the molecule is CN(Cc1ccccc1CNC(=O)c1n[nH]c2c1CNCC2)C1CCCCC1.Cl. The van der Waals surface area contributed by atoms with E-state index < -0.39 is 0 Å². The molecule has 1 fully saturated rings. The number of amides is 1. The van der Waals surface area contributed by atoms with Crippen LogP contribution in [0.15, 0.2) is 24.3 Å².